The van der Waals surface area contributed by atoms with Crippen molar-refractivity contribution in [1.29, 1.82) is 0 Å². The molecule has 0 spiro atoms. The second kappa shape index (κ2) is 7.28. The SMILES string of the molecule is CC(C)(CO)CCC1=CCC=C(CCC(C)(C)CO)O1. The molecule has 116 valence electrons. The zero-order chi connectivity index (χ0) is 15.2. The molecule has 1 rings (SSSR count). The van der Waals surface area contributed by atoms with Crippen LogP contribution in [-0.4, -0.2) is 23.4 Å². The molecule has 0 aromatic heterocycles. The minimum Gasteiger partial charge on any atom is -0.467 e. The summed E-state index contributed by atoms with van der Waals surface area (Å²) in [6, 6.07) is 0. The molecule has 0 amide bonds. The monoisotopic (exact) mass is 282 g/mol. The van der Waals surface area contributed by atoms with Crippen molar-refractivity contribution in [3.8, 4) is 0 Å². The highest BCUT2D eigenvalue weighted by Crippen LogP contribution is 2.30. The quantitative estimate of drug-likeness (QED) is 0.712. The summed E-state index contributed by atoms with van der Waals surface area (Å²) in [5.41, 5.74) is -0.102. The van der Waals surface area contributed by atoms with Crippen molar-refractivity contribution in [2.45, 2.75) is 59.8 Å². The van der Waals surface area contributed by atoms with Crippen LogP contribution in [0.5, 0.6) is 0 Å². The Morgan fingerprint density at radius 2 is 1.30 bits per heavy atom. The molecule has 3 heteroatoms. The maximum absolute atomic E-state index is 9.28. The molecule has 20 heavy (non-hydrogen) atoms. The lowest BCUT2D eigenvalue weighted by Crippen LogP contribution is -2.18. The predicted molar refractivity (Wildman–Crippen MR) is 82.1 cm³/mol. The van der Waals surface area contributed by atoms with Gasteiger partial charge in [0.2, 0.25) is 0 Å². The standard InChI is InChI=1S/C17H30O3/c1-16(2,12-18)10-8-14-6-5-7-15(20-14)9-11-17(3,4)13-19/h6-7,18-19H,5,8-13H2,1-4H3. The third-order valence-electron chi connectivity index (χ3n) is 3.91. The number of rotatable bonds is 8. The third-order valence-corrected chi connectivity index (χ3v) is 3.91. The Kier molecular flexibility index (Phi) is 6.28. The molecule has 0 atom stereocenters. The van der Waals surface area contributed by atoms with Crippen LogP contribution in [0.15, 0.2) is 23.7 Å². The number of aliphatic hydroxyl groups is 2. The van der Waals surface area contributed by atoms with Gasteiger partial charge in [-0.2, -0.15) is 0 Å². The first kappa shape index (κ1) is 17.3. The van der Waals surface area contributed by atoms with Crippen LogP contribution in [0.2, 0.25) is 0 Å². The fourth-order valence-corrected chi connectivity index (χ4v) is 1.96. The Balaban J connectivity index is 2.39. The number of aliphatic hydroxyl groups excluding tert-OH is 2. The molecule has 1 aliphatic rings. The van der Waals surface area contributed by atoms with E-state index >= 15 is 0 Å². The minimum absolute atomic E-state index is 0.0512. The van der Waals surface area contributed by atoms with E-state index < -0.39 is 0 Å². The molecule has 0 radical (unpaired) electrons. The molecule has 2 N–H and O–H groups in total. The van der Waals surface area contributed by atoms with Crippen molar-refractivity contribution in [3.63, 3.8) is 0 Å². The Morgan fingerprint density at radius 3 is 1.65 bits per heavy atom. The average Bonchev–Trinajstić information content (AvgIpc) is 2.44. The molecule has 0 aromatic carbocycles. The van der Waals surface area contributed by atoms with Crippen molar-refractivity contribution in [3.05, 3.63) is 23.7 Å². The molecule has 1 heterocycles. The maximum Gasteiger partial charge on any atom is 0.0999 e. The van der Waals surface area contributed by atoms with Crippen LogP contribution in [0.1, 0.15) is 59.8 Å². The highest BCUT2D eigenvalue weighted by molar-refractivity contribution is 5.11. The molecule has 0 aliphatic carbocycles. The van der Waals surface area contributed by atoms with Gasteiger partial charge in [0.15, 0.2) is 0 Å². The third kappa shape index (κ3) is 6.10. The Morgan fingerprint density at radius 1 is 0.900 bits per heavy atom. The molecular weight excluding hydrogens is 252 g/mol. The molecule has 3 nitrogen and oxygen atoms in total. The van der Waals surface area contributed by atoms with Crippen LogP contribution in [0.3, 0.4) is 0 Å². The van der Waals surface area contributed by atoms with Crippen LogP contribution in [-0.2, 0) is 4.74 Å². The van der Waals surface area contributed by atoms with E-state index in [-0.39, 0.29) is 24.0 Å². The van der Waals surface area contributed by atoms with Crippen LogP contribution >= 0.6 is 0 Å². The minimum atomic E-state index is -0.0512. The maximum atomic E-state index is 9.28. The Bertz CT molecular complexity index is 330. The smallest absolute Gasteiger partial charge is 0.0999 e. The van der Waals surface area contributed by atoms with E-state index in [0.29, 0.717) is 0 Å². The van der Waals surface area contributed by atoms with Crippen LogP contribution < -0.4 is 0 Å². The summed E-state index contributed by atoms with van der Waals surface area (Å²) in [5, 5.41) is 18.6. The first-order valence-electron chi connectivity index (χ1n) is 7.56. The van der Waals surface area contributed by atoms with E-state index in [9.17, 15) is 10.2 Å². The van der Waals surface area contributed by atoms with Gasteiger partial charge in [-0.05, 0) is 42.2 Å². The molecule has 0 unspecified atom stereocenters. The number of allylic oxidation sites excluding steroid dienone is 4. The van der Waals surface area contributed by atoms with Gasteiger partial charge in [0.05, 0.1) is 11.5 Å². The van der Waals surface area contributed by atoms with Gasteiger partial charge >= 0.3 is 0 Å². The van der Waals surface area contributed by atoms with Crippen LogP contribution in [0, 0.1) is 10.8 Å². The Hall–Kier alpha value is -0.800. The van der Waals surface area contributed by atoms with E-state index in [4.69, 9.17) is 4.74 Å². The molecule has 0 aromatic rings. The molecule has 0 saturated heterocycles. The van der Waals surface area contributed by atoms with E-state index in [0.717, 1.165) is 43.6 Å². The lowest BCUT2D eigenvalue weighted by atomic mass is 9.87. The predicted octanol–water partition coefficient (Wildman–Crippen LogP) is 3.77. The summed E-state index contributed by atoms with van der Waals surface area (Å²) in [6.07, 6.45) is 8.74. The summed E-state index contributed by atoms with van der Waals surface area (Å²) in [4.78, 5) is 0. The molecule has 0 fully saturated rings. The summed E-state index contributed by atoms with van der Waals surface area (Å²) < 4.78 is 5.93. The normalized spacial score (nSPS) is 16.5. The van der Waals surface area contributed by atoms with Crippen molar-refractivity contribution in [2.75, 3.05) is 13.2 Å². The highest BCUT2D eigenvalue weighted by atomic mass is 16.5. The average molecular weight is 282 g/mol. The molecule has 0 bridgehead atoms. The van der Waals surface area contributed by atoms with Gasteiger partial charge in [0.1, 0.15) is 0 Å². The lowest BCUT2D eigenvalue weighted by molar-refractivity contribution is 0.135. The fourth-order valence-electron chi connectivity index (χ4n) is 1.96. The van der Waals surface area contributed by atoms with Gasteiger partial charge in [-0.1, -0.05) is 27.7 Å². The summed E-state index contributed by atoms with van der Waals surface area (Å²) >= 11 is 0. The topological polar surface area (TPSA) is 49.7 Å². The molecule has 1 aliphatic heterocycles. The zero-order valence-electron chi connectivity index (χ0n) is 13.4. The first-order valence-corrected chi connectivity index (χ1v) is 7.56. The fraction of sp³-hybridized carbons (Fsp3) is 0.765. The van der Waals surface area contributed by atoms with Crippen molar-refractivity contribution >= 4 is 0 Å². The zero-order valence-corrected chi connectivity index (χ0v) is 13.4. The van der Waals surface area contributed by atoms with Gasteiger partial charge in [-0.25, -0.2) is 0 Å². The van der Waals surface area contributed by atoms with Crippen molar-refractivity contribution < 1.29 is 14.9 Å². The van der Waals surface area contributed by atoms with E-state index in [2.05, 4.69) is 39.8 Å². The summed E-state index contributed by atoms with van der Waals surface area (Å²) in [7, 11) is 0. The van der Waals surface area contributed by atoms with Crippen molar-refractivity contribution in [1.82, 2.24) is 0 Å². The highest BCUT2D eigenvalue weighted by Gasteiger charge is 2.20. The van der Waals surface area contributed by atoms with Gasteiger partial charge in [0.25, 0.3) is 0 Å². The largest absolute Gasteiger partial charge is 0.467 e. The van der Waals surface area contributed by atoms with Crippen LogP contribution in [0.4, 0.5) is 0 Å². The second-order valence-electron chi connectivity index (χ2n) is 7.32. The van der Waals surface area contributed by atoms with E-state index in [1.54, 1.807) is 0 Å². The molecular formula is C17H30O3. The first-order chi connectivity index (χ1) is 9.28. The van der Waals surface area contributed by atoms with Gasteiger partial charge < -0.3 is 14.9 Å². The van der Waals surface area contributed by atoms with Gasteiger partial charge in [-0.3, -0.25) is 0 Å². The number of hydrogen-bond donors (Lipinski definition) is 2. The molecule has 0 saturated carbocycles. The van der Waals surface area contributed by atoms with E-state index in [1.165, 1.54) is 0 Å². The van der Waals surface area contributed by atoms with E-state index in [1.807, 2.05) is 0 Å². The Labute approximate surface area is 123 Å². The van der Waals surface area contributed by atoms with Gasteiger partial charge in [0, 0.05) is 26.1 Å². The number of ether oxygens (including phenoxy) is 1. The number of hydrogen-bond acceptors (Lipinski definition) is 3. The van der Waals surface area contributed by atoms with Crippen molar-refractivity contribution in [2.24, 2.45) is 10.8 Å². The summed E-state index contributed by atoms with van der Waals surface area (Å²) in [6.45, 7) is 8.67. The van der Waals surface area contributed by atoms with Gasteiger partial charge in [-0.15, -0.1) is 0 Å². The second-order valence-corrected chi connectivity index (χ2v) is 7.32. The van der Waals surface area contributed by atoms with Crippen LogP contribution in [0.25, 0.3) is 0 Å². The summed E-state index contributed by atoms with van der Waals surface area (Å²) in [5.74, 6) is 2.04. The lowest BCUT2D eigenvalue weighted by Gasteiger charge is -2.25.